The summed E-state index contributed by atoms with van der Waals surface area (Å²) in [7, 11) is 0. The van der Waals surface area contributed by atoms with Crippen molar-refractivity contribution in [2.45, 2.75) is 44.9 Å². The summed E-state index contributed by atoms with van der Waals surface area (Å²) in [5.41, 5.74) is -0.466. The maximum atomic E-state index is 15.8. The second kappa shape index (κ2) is 8.58. The van der Waals surface area contributed by atoms with Crippen LogP contribution in [0.1, 0.15) is 45.2 Å². The summed E-state index contributed by atoms with van der Waals surface area (Å²) in [6.45, 7) is 5.44. The maximum Gasteiger partial charge on any atom is 0.410 e. The number of pyridine rings is 2. The molecule has 9 nitrogen and oxygen atoms in total. The molecule has 0 bridgehead atoms. The van der Waals surface area contributed by atoms with Crippen LogP contribution in [0.25, 0.3) is 22.7 Å². The van der Waals surface area contributed by atoms with Gasteiger partial charge in [0.25, 0.3) is 11.8 Å². The number of halogens is 1. The highest BCUT2D eigenvalue weighted by molar-refractivity contribution is 5.69. The quantitative estimate of drug-likeness (QED) is 0.581. The number of alkyl halides is 1. The van der Waals surface area contributed by atoms with Gasteiger partial charge in [0.1, 0.15) is 23.1 Å². The van der Waals surface area contributed by atoms with Crippen LogP contribution in [0.3, 0.4) is 0 Å². The van der Waals surface area contributed by atoms with Gasteiger partial charge < -0.3 is 14.1 Å². The van der Waals surface area contributed by atoms with Crippen LogP contribution in [0, 0.1) is 11.3 Å². The second-order valence-corrected chi connectivity index (χ2v) is 8.85. The lowest BCUT2D eigenvalue weighted by molar-refractivity contribution is -0.0144. The molecule has 4 rings (SSSR count). The molecule has 10 heteroatoms. The largest absolute Gasteiger partial charge is 0.444 e. The van der Waals surface area contributed by atoms with Gasteiger partial charge in [0.05, 0.1) is 6.54 Å². The molecule has 0 radical (unpaired) electrons. The Hall–Kier alpha value is -3.87. The lowest BCUT2D eigenvalue weighted by Gasteiger charge is -2.36. The van der Waals surface area contributed by atoms with E-state index in [-0.39, 0.29) is 30.4 Å². The fraction of sp³-hybridized carbons (Fsp3) is 0.391. The summed E-state index contributed by atoms with van der Waals surface area (Å²) in [6.07, 6.45) is 3.12. The average molecular weight is 450 g/mol. The number of rotatable bonds is 3. The van der Waals surface area contributed by atoms with Crippen molar-refractivity contribution < 1.29 is 18.3 Å². The Morgan fingerprint density at radius 3 is 2.67 bits per heavy atom. The summed E-state index contributed by atoms with van der Waals surface area (Å²) in [5.74, 6) is -0.138. The van der Waals surface area contributed by atoms with E-state index in [0.29, 0.717) is 18.7 Å². The van der Waals surface area contributed by atoms with Gasteiger partial charge in [-0.05, 0) is 69.0 Å². The van der Waals surface area contributed by atoms with Crippen molar-refractivity contribution >= 4 is 6.09 Å². The smallest absolute Gasteiger partial charge is 0.410 e. The SMILES string of the molecule is CC(C)(C)OC(=O)N1CCC[C@](F)(c2nnc(-c3cc(-c4ccnc(C#N)c4)ccn3)o2)C1. The van der Waals surface area contributed by atoms with Crippen molar-refractivity contribution in [1.29, 1.82) is 5.26 Å². The minimum Gasteiger partial charge on any atom is -0.444 e. The number of nitriles is 1. The van der Waals surface area contributed by atoms with Crippen LogP contribution in [0.2, 0.25) is 0 Å². The second-order valence-electron chi connectivity index (χ2n) is 8.85. The van der Waals surface area contributed by atoms with Crippen molar-refractivity contribution in [1.82, 2.24) is 25.1 Å². The highest BCUT2D eigenvalue weighted by Gasteiger charge is 2.44. The zero-order valence-corrected chi connectivity index (χ0v) is 18.6. The molecule has 1 amide bonds. The monoisotopic (exact) mass is 450 g/mol. The number of hydrogen-bond donors (Lipinski definition) is 0. The van der Waals surface area contributed by atoms with E-state index in [0.717, 1.165) is 11.1 Å². The number of ether oxygens (including phenoxy) is 1. The van der Waals surface area contributed by atoms with E-state index >= 15 is 4.39 Å². The van der Waals surface area contributed by atoms with E-state index in [1.165, 1.54) is 4.90 Å². The molecule has 3 aromatic rings. The Kier molecular flexibility index (Phi) is 5.80. The molecule has 4 heterocycles. The molecule has 0 unspecified atom stereocenters. The number of likely N-dealkylation sites (tertiary alicyclic amines) is 1. The van der Waals surface area contributed by atoms with E-state index < -0.39 is 17.4 Å². The van der Waals surface area contributed by atoms with Crippen LogP contribution < -0.4 is 0 Å². The van der Waals surface area contributed by atoms with Gasteiger partial charge in [0, 0.05) is 18.9 Å². The molecule has 0 aliphatic carbocycles. The van der Waals surface area contributed by atoms with Crippen LogP contribution >= 0.6 is 0 Å². The Balaban J connectivity index is 1.56. The number of hydrogen-bond acceptors (Lipinski definition) is 8. The first kappa shape index (κ1) is 22.3. The van der Waals surface area contributed by atoms with Crippen molar-refractivity contribution in [3.63, 3.8) is 0 Å². The maximum absolute atomic E-state index is 15.8. The van der Waals surface area contributed by atoms with Crippen LogP contribution in [0.5, 0.6) is 0 Å². The first-order valence-electron chi connectivity index (χ1n) is 10.5. The molecule has 0 spiro atoms. The molecule has 1 atom stereocenters. The Morgan fingerprint density at radius 2 is 1.94 bits per heavy atom. The molecule has 1 saturated heterocycles. The van der Waals surface area contributed by atoms with Gasteiger partial charge in [-0.25, -0.2) is 14.2 Å². The van der Waals surface area contributed by atoms with Gasteiger partial charge in [-0.3, -0.25) is 4.98 Å². The molecular weight excluding hydrogens is 427 g/mol. The molecule has 33 heavy (non-hydrogen) atoms. The Bertz CT molecular complexity index is 1220. The normalized spacial score (nSPS) is 18.6. The van der Waals surface area contributed by atoms with Gasteiger partial charge >= 0.3 is 6.09 Å². The van der Waals surface area contributed by atoms with E-state index in [4.69, 9.17) is 14.4 Å². The zero-order chi connectivity index (χ0) is 23.6. The fourth-order valence-electron chi connectivity index (χ4n) is 3.57. The van der Waals surface area contributed by atoms with E-state index in [1.54, 1.807) is 57.4 Å². The van der Waals surface area contributed by atoms with Crippen molar-refractivity contribution in [3.05, 3.63) is 48.2 Å². The third-order valence-corrected chi connectivity index (χ3v) is 5.09. The Labute approximate surface area is 190 Å². The molecule has 0 aromatic carbocycles. The van der Waals surface area contributed by atoms with E-state index in [9.17, 15) is 4.79 Å². The molecule has 0 N–H and O–H groups in total. The highest BCUT2D eigenvalue weighted by Crippen LogP contribution is 2.36. The molecule has 1 fully saturated rings. The van der Waals surface area contributed by atoms with Crippen molar-refractivity contribution in [2.24, 2.45) is 0 Å². The van der Waals surface area contributed by atoms with Crippen LogP contribution in [-0.2, 0) is 10.4 Å². The van der Waals surface area contributed by atoms with Gasteiger partial charge in [-0.15, -0.1) is 10.2 Å². The number of nitrogens with zero attached hydrogens (tertiary/aromatic N) is 6. The number of carbonyl (C=O) groups excluding carboxylic acids is 1. The van der Waals surface area contributed by atoms with Crippen LogP contribution in [0.15, 0.2) is 41.1 Å². The molecule has 170 valence electrons. The fourth-order valence-corrected chi connectivity index (χ4v) is 3.57. The Morgan fingerprint density at radius 1 is 1.21 bits per heavy atom. The van der Waals surface area contributed by atoms with E-state index in [2.05, 4.69) is 20.2 Å². The van der Waals surface area contributed by atoms with Gasteiger partial charge in [-0.2, -0.15) is 5.26 Å². The van der Waals surface area contributed by atoms with Crippen LogP contribution in [-0.4, -0.2) is 49.8 Å². The first-order chi connectivity index (χ1) is 15.7. The minimum atomic E-state index is -1.98. The third kappa shape index (κ3) is 4.98. The van der Waals surface area contributed by atoms with Gasteiger partial charge in [0.2, 0.25) is 5.67 Å². The molecule has 3 aromatic heterocycles. The highest BCUT2D eigenvalue weighted by atomic mass is 19.1. The summed E-state index contributed by atoms with van der Waals surface area (Å²) in [6, 6.07) is 8.91. The van der Waals surface area contributed by atoms with Crippen LogP contribution in [0.4, 0.5) is 9.18 Å². The number of amides is 1. The molecule has 0 saturated carbocycles. The standard InChI is InChI=1S/C23H23FN6O3/c1-22(2,3)33-21(31)30-10-4-7-23(24,14-30)20-29-28-19(32-20)18-12-16(6-9-27-18)15-5-8-26-17(11-15)13-25/h5-6,8-9,11-12H,4,7,10,14H2,1-3H3/t23-/m1/s1. The number of piperidine rings is 1. The zero-order valence-electron chi connectivity index (χ0n) is 18.6. The topological polar surface area (TPSA) is 118 Å². The lowest BCUT2D eigenvalue weighted by atomic mass is 9.95. The summed E-state index contributed by atoms with van der Waals surface area (Å²) >= 11 is 0. The molecule has 1 aliphatic heterocycles. The van der Waals surface area contributed by atoms with Crippen molar-refractivity contribution in [3.8, 4) is 28.8 Å². The molecular formula is C23H23FN6O3. The minimum absolute atomic E-state index is 0.0628. The first-order valence-corrected chi connectivity index (χ1v) is 10.5. The van der Waals surface area contributed by atoms with E-state index in [1.807, 2.05) is 6.07 Å². The van der Waals surface area contributed by atoms with Gasteiger partial charge in [-0.1, -0.05) is 0 Å². The predicted molar refractivity (Wildman–Crippen MR) is 115 cm³/mol. The summed E-state index contributed by atoms with van der Waals surface area (Å²) in [5, 5.41) is 17.0. The predicted octanol–water partition coefficient (Wildman–Crippen LogP) is 4.26. The summed E-state index contributed by atoms with van der Waals surface area (Å²) < 4.78 is 26.8. The molecule has 1 aliphatic rings. The van der Waals surface area contributed by atoms with Gasteiger partial charge in [0.15, 0.2) is 0 Å². The van der Waals surface area contributed by atoms with Crippen molar-refractivity contribution in [2.75, 3.05) is 13.1 Å². The average Bonchev–Trinajstić information content (AvgIpc) is 3.30. The number of carbonyl (C=O) groups is 1. The lowest BCUT2D eigenvalue weighted by Crippen LogP contribution is -2.48. The number of aromatic nitrogens is 4. The summed E-state index contributed by atoms with van der Waals surface area (Å²) in [4.78, 5) is 22.0. The third-order valence-electron chi connectivity index (χ3n) is 5.09.